The van der Waals surface area contributed by atoms with Crippen molar-refractivity contribution in [3.63, 3.8) is 0 Å². The predicted molar refractivity (Wildman–Crippen MR) is 149 cm³/mol. The van der Waals surface area contributed by atoms with Crippen LogP contribution in [0.25, 0.3) is 0 Å². The molecule has 0 radical (unpaired) electrons. The summed E-state index contributed by atoms with van der Waals surface area (Å²) >= 11 is 0. The fourth-order valence-corrected chi connectivity index (χ4v) is 8.03. The number of anilines is 3. The van der Waals surface area contributed by atoms with Gasteiger partial charge in [-0.2, -0.15) is 4.76 Å². The number of benzene rings is 2. The molecule has 2 aromatic rings. The van der Waals surface area contributed by atoms with Crippen LogP contribution in [-0.2, 0) is 23.9 Å². The van der Waals surface area contributed by atoms with Gasteiger partial charge in [0.15, 0.2) is 0 Å². The van der Waals surface area contributed by atoms with E-state index < -0.39 is 41.3 Å². The van der Waals surface area contributed by atoms with Gasteiger partial charge < -0.3 is 19.8 Å². The number of carbonyl (C=O) groups excluding carboxylic acids is 1. The van der Waals surface area contributed by atoms with E-state index in [0.717, 1.165) is 25.5 Å². The lowest BCUT2D eigenvalue weighted by atomic mass is 9.87. The smallest absolute Gasteiger partial charge is 0.348 e. The van der Waals surface area contributed by atoms with E-state index in [-0.39, 0.29) is 29.9 Å². The molecule has 1 amide bonds. The predicted octanol–water partition coefficient (Wildman–Crippen LogP) is 3.79. The van der Waals surface area contributed by atoms with Gasteiger partial charge in [0.2, 0.25) is 15.9 Å². The summed E-state index contributed by atoms with van der Waals surface area (Å²) in [7, 11) is -7.59. The van der Waals surface area contributed by atoms with Gasteiger partial charge in [0.25, 0.3) is 0 Å². The first kappa shape index (κ1) is 27.8. The van der Waals surface area contributed by atoms with Gasteiger partial charge in [0, 0.05) is 24.3 Å². The zero-order chi connectivity index (χ0) is 28.1. The molecule has 1 saturated carbocycles. The number of aliphatic hydroxyl groups is 1. The molecule has 3 atom stereocenters. The molecule has 0 saturated heterocycles. The Balaban J connectivity index is 1.58. The highest BCUT2D eigenvalue weighted by Crippen LogP contribution is 2.53. The van der Waals surface area contributed by atoms with Crippen LogP contribution in [0.2, 0.25) is 0 Å². The van der Waals surface area contributed by atoms with Crippen molar-refractivity contribution < 1.29 is 31.8 Å². The maximum Gasteiger partial charge on any atom is 0.348 e. The Kier molecular flexibility index (Phi) is 7.34. The van der Waals surface area contributed by atoms with Crippen LogP contribution in [0.1, 0.15) is 44.8 Å². The van der Waals surface area contributed by atoms with Crippen molar-refractivity contribution in [1.82, 2.24) is 0 Å². The monoisotopic (exact) mass is 578 g/mol. The molecule has 2 aliphatic heterocycles. The van der Waals surface area contributed by atoms with Crippen molar-refractivity contribution >= 4 is 51.7 Å². The highest BCUT2D eigenvalue weighted by molar-refractivity contribution is 7.92. The quantitative estimate of drug-likeness (QED) is 0.434. The topological polar surface area (TPSA) is 129 Å². The molecule has 2 aromatic carbocycles. The van der Waals surface area contributed by atoms with E-state index in [2.05, 4.69) is 10.1 Å². The number of amides is 1. The van der Waals surface area contributed by atoms with Crippen molar-refractivity contribution in [3.05, 3.63) is 47.8 Å². The van der Waals surface area contributed by atoms with Gasteiger partial charge in [-0.1, -0.05) is 12.8 Å². The Bertz CT molecular complexity index is 1500. The van der Waals surface area contributed by atoms with Crippen molar-refractivity contribution in [2.24, 2.45) is 16.6 Å². The fraction of sp³-hybridized carbons (Fsp3) is 0.462. The summed E-state index contributed by atoms with van der Waals surface area (Å²) in [6, 6.07) is 8.52. The number of fused-ring (bicyclic) bond motifs is 2. The van der Waals surface area contributed by atoms with Gasteiger partial charge in [0.1, 0.15) is 17.6 Å². The Morgan fingerprint density at radius 2 is 1.97 bits per heavy atom. The number of hydrogen-bond donors (Lipinski definition) is 2. The molecule has 10 nitrogen and oxygen atoms in total. The molecule has 2 heterocycles. The summed E-state index contributed by atoms with van der Waals surface area (Å²) in [6.45, 7) is 3.93. The van der Waals surface area contributed by atoms with E-state index in [1.807, 2.05) is 0 Å². The minimum absolute atomic E-state index is 0.0318. The Morgan fingerprint density at radius 3 is 2.62 bits per heavy atom. The molecule has 39 heavy (non-hydrogen) atoms. The molecule has 2 N–H and O–H groups in total. The van der Waals surface area contributed by atoms with Crippen molar-refractivity contribution in [3.8, 4) is 0 Å². The molecular formula is C26H32FN4O6PS. The first-order chi connectivity index (χ1) is 18.5. The van der Waals surface area contributed by atoms with Crippen LogP contribution < -0.4 is 19.8 Å². The van der Waals surface area contributed by atoms with Gasteiger partial charge >= 0.3 is 7.52 Å². The normalized spacial score (nSPS) is 24.5. The Hall–Kier alpha value is -2.79. The lowest BCUT2D eigenvalue weighted by Gasteiger charge is -2.39. The minimum atomic E-state index is -4.00. The summed E-state index contributed by atoms with van der Waals surface area (Å²) in [5.41, 5.74) is 1.31. The zero-order valence-electron chi connectivity index (χ0n) is 22.0. The number of amidine groups is 1. The molecule has 1 fully saturated rings. The Morgan fingerprint density at radius 1 is 1.23 bits per heavy atom. The molecule has 210 valence electrons. The van der Waals surface area contributed by atoms with Crippen LogP contribution in [0, 0.1) is 17.7 Å². The first-order valence-corrected chi connectivity index (χ1v) is 16.4. The summed E-state index contributed by atoms with van der Waals surface area (Å²) < 4.78 is 64.2. The second-order valence-electron chi connectivity index (χ2n) is 10.0. The largest absolute Gasteiger partial charge is 0.387 e. The first-order valence-electron chi connectivity index (χ1n) is 13.0. The van der Waals surface area contributed by atoms with Crippen LogP contribution in [-0.4, -0.2) is 51.2 Å². The van der Waals surface area contributed by atoms with Gasteiger partial charge in [-0.25, -0.2) is 12.8 Å². The minimum Gasteiger partial charge on any atom is -0.387 e. The summed E-state index contributed by atoms with van der Waals surface area (Å²) in [4.78, 5) is 15.4. The lowest BCUT2D eigenvalue weighted by molar-refractivity contribution is -0.124. The molecule has 0 spiro atoms. The van der Waals surface area contributed by atoms with E-state index >= 15 is 0 Å². The summed E-state index contributed by atoms with van der Waals surface area (Å²) in [5, 5.41) is 14.5. The highest BCUT2D eigenvalue weighted by Gasteiger charge is 2.46. The van der Waals surface area contributed by atoms with Crippen LogP contribution in [0.15, 0.2) is 41.2 Å². The number of nitrogens with zero attached hydrogens (tertiary/aromatic N) is 3. The van der Waals surface area contributed by atoms with Crippen LogP contribution in [0.5, 0.6) is 0 Å². The van der Waals surface area contributed by atoms with Crippen LogP contribution in [0.4, 0.5) is 21.5 Å². The van der Waals surface area contributed by atoms with E-state index in [4.69, 9.17) is 4.52 Å². The van der Waals surface area contributed by atoms with E-state index in [1.54, 1.807) is 30.9 Å². The van der Waals surface area contributed by atoms with Crippen molar-refractivity contribution in [2.45, 2.75) is 39.2 Å². The van der Waals surface area contributed by atoms with Crippen molar-refractivity contribution in [2.75, 3.05) is 40.5 Å². The number of carbonyl (C=O) groups is 1. The van der Waals surface area contributed by atoms with Gasteiger partial charge in [-0.15, -0.1) is 0 Å². The average molecular weight is 579 g/mol. The number of halogens is 1. The molecule has 3 unspecified atom stereocenters. The third-order valence-corrected chi connectivity index (χ3v) is 10.6. The molecule has 0 aromatic heterocycles. The van der Waals surface area contributed by atoms with Crippen molar-refractivity contribution in [1.29, 1.82) is 0 Å². The lowest BCUT2D eigenvalue weighted by Crippen LogP contribution is -2.49. The van der Waals surface area contributed by atoms with E-state index in [0.29, 0.717) is 29.5 Å². The molecular weight excluding hydrogens is 546 g/mol. The number of nitrogens with one attached hydrogen (secondary N) is 1. The average Bonchev–Trinajstić information content (AvgIpc) is 3.69. The van der Waals surface area contributed by atoms with Gasteiger partial charge in [-0.05, 0) is 62.6 Å². The number of rotatable bonds is 9. The second kappa shape index (κ2) is 10.3. The second-order valence-corrected chi connectivity index (χ2v) is 13.9. The fourth-order valence-electron chi connectivity index (χ4n) is 5.22. The van der Waals surface area contributed by atoms with Gasteiger partial charge in [0.05, 0.1) is 35.6 Å². The molecule has 0 bridgehead atoms. The molecule has 5 rings (SSSR count). The van der Waals surface area contributed by atoms with E-state index in [9.17, 15) is 27.3 Å². The van der Waals surface area contributed by atoms with Crippen LogP contribution >= 0.6 is 7.52 Å². The Labute approximate surface area is 227 Å². The SMILES string of the molecule is CCOP1(=O)N=C(C2C(=O)N(CCC3CC3)c3ccc(F)cc3C2O)Nc2ccc(N(CC)S(C)(=O)=O)cc21. The maximum atomic E-state index is 14.3. The van der Waals surface area contributed by atoms with Crippen LogP contribution in [0.3, 0.4) is 0 Å². The summed E-state index contributed by atoms with van der Waals surface area (Å²) in [5.74, 6) is -1.78. The molecule has 1 aliphatic carbocycles. The molecule has 3 aliphatic rings. The number of sulfonamides is 1. The number of hydrogen-bond acceptors (Lipinski definition) is 7. The maximum absolute atomic E-state index is 14.3. The third kappa shape index (κ3) is 5.23. The molecule has 13 heteroatoms. The highest BCUT2D eigenvalue weighted by atomic mass is 32.2. The summed E-state index contributed by atoms with van der Waals surface area (Å²) in [6.07, 6.45) is 2.62. The van der Waals surface area contributed by atoms with E-state index in [1.165, 1.54) is 28.6 Å². The zero-order valence-corrected chi connectivity index (χ0v) is 23.7. The third-order valence-electron chi connectivity index (χ3n) is 7.27. The number of aliphatic hydroxyl groups excluding tert-OH is 1. The standard InChI is InChI=1S/C26H32FN4O6PS/c1-4-31(39(3,35)36)18-9-10-20-22(15-18)38(34,37-5-2)29-25(28-20)23-24(32)19-14-17(27)8-11-21(19)30(26(23)33)13-12-16-6-7-16/h8-11,14-16,23-24,32H,4-7,12-13H2,1-3H3,(H,28,29,34). The van der Waals surface area contributed by atoms with Gasteiger partial charge in [-0.3, -0.25) is 13.7 Å².